The molecule has 0 bridgehead atoms. The van der Waals surface area contributed by atoms with Gasteiger partial charge < -0.3 is 10.1 Å². The van der Waals surface area contributed by atoms with E-state index in [1.54, 1.807) is 0 Å². The molecule has 0 atom stereocenters. The summed E-state index contributed by atoms with van der Waals surface area (Å²) in [7, 11) is 0. The Labute approximate surface area is 140 Å². The lowest BCUT2D eigenvalue weighted by molar-refractivity contribution is 0.102. The lowest BCUT2D eigenvalue weighted by atomic mass is 10.2. The molecular weight excluding hydrogens is 333 g/mol. The van der Waals surface area contributed by atoms with Crippen molar-refractivity contribution in [2.45, 2.75) is 0 Å². The van der Waals surface area contributed by atoms with Gasteiger partial charge in [-0.05, 0) is 36.4 Å². The van der Waals surface area contributed by atoms with Crippen LogP contribution in [0.25, 0.3) is 0 Å². The minimum absolute atomic E-state index is 0.00971. The highest BCUT2D eigenvalue weighted by Crippen LogP contribution is 2.25. The van der Waals surface area contributed by atoms with E-state index in [9.17, 15) is 18.0 Å². The first kappa shape index (κ1) is 16.5. The second-order valence-electron chi connectivity index (χ2n) is 4.99. The molecule has 3 rings (SSSR count). The minimum atomic E-state index is -0.912. The second-order valence-corrected chi connectivity index (χ2v) is 4.99. The van der Waals surface area contributed by atoms with Gasteiger partial charge in [0, 0.05) is 18.3 Å². The zero-order valence-corrected chi connectivity index (χ0v) is 12.7. The molecule has 1 heterocycles. The SMILES string of the molecule is O=C(Nc1ccc(F)cc1F)c1cccnc1Oc1cccc(F)c1. The normalized spacial score (nSPS) is 10.4. The fraction of sp³-hybridized carbons (Fsp3) is 0. The molecule has 0 aliphatic carbocycles. The average molecular weight is 344 g/mol. The van der Waals surface area contributed by atoms with E-state index in [0.29, 0.717) is 6.07 Å². The summed E-state index contributed by atoms with van der Waals surface area (Å²) in [6, 6.07) is 11.0. The zero-order valence-electron chi connectivity index (χ0n) is 12.7. The molecule has 0 unspecified atom stereocenters. The van der Waals surface area contributed by atoms with Crippen LogP contribution in [0.3, 0.4) is 0 Å². The highest BCUT2D eigenvalue weighted by molar-refractivity contribution is 6.05. The van der Waals surface area contributed by atoms with Crippen LogP contribution in [0, 0.1) is 17.5 Å². The molecule has 25 heavy (non-hydrogen) atoms. The van der Waals surface area contributed by atoms with Gasteiger partial charge >= 0.3 is 0 Å². The maximum absolute atomic E-state index is 13.7. The Hall–Kier alpha value is -3.35. The van der Waals surface area contributed by atoms with Gasteiger partial charge in [-0.3, -0.25) is 4.79 Å². The van der Waals surface area contributed by atoms with Crippen molar-refractivity contribution in [3.8, 4) is 11.6 Å². The molecule has 0 aliphatic heterocycles. The molecule has 2 aromatic carbocycles. The molecule has 3 aromatic rings. The summed E-state index contributed by atoms with van der Waals surface area (Å²) in [5.74, 6) is -2.80. The van der Waals surface area contributed by atoms with Gasteiger partial charge in [-0.1, -0.05) is 6.07 Å². The smallest absolute Gasteiger partial charge is 0.261 e. The summed E-state index contributed by atoms with van der Waals surface area (Å²) in [6.45, 7) is 0. The van der Waals surface area contributed by atoms with Crippen molar-refractivity contribution >= 4 is 11.6 Å². The Morgan fingerprint density at radius 1 is 0.960 bits per heavy atom. The summed E-state index contributed by atoms with van der Waals surface area (Å²) >= 11 is 0. The quantitative estimate of drug-likeness (QED) is 0.756. The van der Waals surface area contributed by atoms with Crippen LogP contribution in [0.5, 0.6) is 11.6 Å². The van der Waals surface area contributed by atoms with Crippen molar-refractivity contribution in [2.75, 3.05) is 5.32 Å². The van der Waals surface area contributed by atoms with E-state index in [1.165, 1.54) is 36.5 Å². The molecule has 0 spiro atoms. The maximum atomic E-state index is 13.7. The van der Waals surface area contributed by atoms with Crippen molar-refractivity contribution in [2.24, 2.45) is 0 Å². The van der Waals surface area contributed by atoms with Crippen LogP contribution >= 0.6 is 0 Å². The molecule has 0 saturated carbocycles. The Kier molecular flexibility index (Phi) is 4.65. The molecule has 0 fully saturated rings. The van der Waals surface area contributed by atoms with Crippen molar-refractivity contribution < 1.29 is 22.7 Å². The molecule has 1 aromatic heterocycles. The zero-order chi connectivity index (χ0) is 17.8. The van der Waals surface area contributed by atoms with E-state index in [1.807, 2.05) is 0 Å². The first-order chi connectivity index (χ1) is 12.0. The van der Waals surface area contributed by atoms with E-state index < -0.39 is 23.4 Å². The van der Waals surface area contributed by atoms with Gasteiger partial charge in [-0.25, -0.2) is 18.2 Å². The third kappa shape index (κ3) is 3.95. The van der Waals surface area contributed by atoms with Gasteiger partial charge in [-0.15, -0.1) is 0 Å². The molecule has 1 amide bonds. The van der Waals surface area contributed by atoms with Crippen molar-refractivity contribution in [3.05, 3.63) is 83.8 Å². The van der Waals surface area contributed by atoms with Gasteiger partial charge in [0.2, 0.25) is 5.88 Å². The van der Waals surface area contributed by atoms with Crippen LogP contribution in [-0.2, 0) is 0 Å². The number of carbonyl (C=O) groups is 1. The lowest BCUT2D eigenvalue weighted by Gasteiger charge is -2.11. The fourth-order valence-electron chi connectivity index (χ4n) is 2.07. The number of halogens is 3. The van der Waals surface area contributed by atoms with Crippen LogP contribution < -0.4 is 10.1 Å². The first-order valence-corrected chi connectivity index (χ1v) is 7.18. The standard InChI is InChI=1S/C18H11F3N2O2/c19-11-3-1-4-13(9-11)25-18-14(5-2-8-22-18)17(24)23-16-7-6-12(20)10-15(16)21/h1-10H,(H,23,24). The number of amides is 1. The second kappa shape index (κ2) is 7.04. The molecular formula is C18H11F3N2O2. The predicted molar refractivity (Wildman–Crippen MR) is 85.0 cm³/mol. The number of carbonyl (C=O) groups excluding carboxylic acids is 1. The van der Waals surface area contributed by atoms with Crippen LogP contribution in [0.1, 0.15) is 10.4 Å². The summed E-state index contributed by atoms with van der Waals surface area (Å²) in [6.07, 6.45) is 1.39. The molecule has 0 saturated heterocycles. The van der Waals surface area contributed by atoms with Crippen molar-refractivity contribution in [1.29, 1.82) is 0 Å². The van der Waals surface area contributed by atoms with Crippen LogP contribution in [0.2, 0.25) is 0 Å². The number of benzene rings is 2. The monoisotopic (exact) mass is 344 g/mol. The number of hydrogen-bond acceptors (Lipinski definition) is 3. The minimum Gasteiger partial charge on any atom is -0.438 e. The number of anilines is 1. The van der Waals surface area contributed by atoms with Crippen LogP contribution in [0.15, 0.2) is 60.8 Å². The van der Waals surface area contributed by atoms with E-state index in [4.69, 9.17) is 4.74 Å². The Morgan fingerprint density at radius 3 is 2.52 bits per heavy atom. The fourth-order valence-corrected chi connectivity index (χ4v) is 2.07. The van der Waals surface area contributed by atoms with E-state index >= 15 is 0 Å². The Bertz CT molecular complexity index is 932. The van der Waals surface area contributed by atoms with Gasteiger partial charge in [-0.2, -0.15) is 0 Å². The molecule has 7 heteroatoms. The Balaban J connectivity index is 1.85. The number of ether oxygens (including phenoxy) is 1. The van der Waals surface area contributed by atoms with E-state index in [-0.39, 0.29) is 22.9 Å². The van der Waals surface area contributed by atoms with Gasteiger partial charge in [0.05, 0.1) is 5.69 Å². The summed E-state index contributed by atoms with van der Waals surface area (Å²) in [5, 5.41) is 2.32. The highest BCUT2D eigenvalue weighted by atomic mass is 19.1. The average Bonchev–Trinajstić information content (AvgIpc) is 2.58. The summed E-state index contributed by atoms with van der Waals surface area (Å²) in [4.78, 5) is 16.3. The number of pyridine rings is 1. The third-order valence-corrected chi connectivity index (χ3v) is 3.21. The predicted octanol–water partition coefficient (Wildman–Crippen LogP) is 4.54. The summed E-state index contributed by atoms with van der Waals surface area (Å²) < 4.78 is 45.3. The lowest BCUT2D eigenvalue weighted by Crippen LogP contribution is -2.14. The van der Waals surface area contributed by atoms with Crippen molar-refractivity contribution in [1.82, 2.24) is 4.98 Å². The van der Waals surface area contributed by atoms with Gasteiger partial charge in [0.15, 0.2) is 0 Å². The largest absolute Gasteiger partial charge is 0.438 e. The first-order valence-electron chi connectivity index (χ1n) is 7.18. The van der Waals surface area contributed by atoms with Crippen LogP contribution in [-0.4, -0.2) is 10.9 Å². The number of aromatic nitrogens is 1. The molecule has 126 valence electrons. The number of nitrogens with one attached hydrogen (secondary N) is 1. The van der Waals surface area contributed by atoms with E-state index in [0.717, 1.165) is 18.2 Å². The molecule has 1 N–H and O–H groups in total. The van der Waals surface area contributed by atoms with Gasteiger partial charge in [0.1, 0.15) is 28.8 Å². The highest BCUT2D eigenvalue weighted by Gasteiger charge is 2.16. The van der Waals surface area contributed by atoms with Gasteiger partial charge in [0.25, 0.3) is 5.91 Å². The van der Waals surface area contributed by atoms with Crippen LogP contribution in [0.4, 0.5) is 18.9 Å². The number of nitrogens with zero attached hydrogens (tertiary/aromatic N) is 1. The maximum Gasteiger partial charge on any atom is 0.261 e. The van der Waals surface area contributed by atoms with E-state index in [2.05, 4.69) is 10.3 Å². The van der Waals surface area contributed by atoms with Crippen molar-refractivity contribution in [3.63, 3.8) is 0 Å². The Morgan fingerprint density at radius 2 is 1.76 bits per heavy atom. The number of rotatable bonds is 4. The number of hydrogen-bond donors (Lipinski definition) is 1. The molecule has 0 radical (unpaired) electrons. The topological polar surface area (TPSA) is 51.2 Å². The molecule has 0 aliphatic rings. The third-order valence-electron chi connectivity index (χ3n) is 3.21. The molecule has 4 nitrogen and oxygen atoms in total. The summed E-state index contributed by atoms with van der Waals surface area (Å²) in [5.41, 5.74) is -0.178.